The average Bonchev–Trinajstić information content (AvgIpc) is 2.62. The van der Waals surface area contributed by atoms with Crippen LogP contribution < -0.4 is 10.6 Å². The van der Waals surface area contributed by atoms with E-state index in [0.717, 1.165) is 12.1 Å². The van der Waals surface area contributed by atoms with E-state index in [2.05, 4.69) is 10.6 Å². The number of halogens is 3. The molecule has 0 unspecified atom stereocenters. The van der Waals surface area contributed by atoms with Crippen molar-refractivity contribution >= 4 is 46.7 Å². The maximum absolute atomic E-state index is 13.6. The van der Waals surface area contributed by atoms with E-state index in [1.807, 2.05) is 0 Å². The molecule has 0 aliphatic carbocycles. The van der Waals surface area contributed by atoms with E-state index in [9.17, 15) is 18.8 Å². The molecule has 0 atom stereocenters. The van der Waals surface area contributed by atoms with E-state index < -0.39 is 30.2 Å². The predicted molar refractivity (Wildman–Crippen MR) is 99.5 cm³/mol. The van der Waals surface area contributed by atoms with Gasteiger partial charge < -0.3 is 15.4 Å². The number of esters is 1. The van der Waals surface area contributed by atoms with Crippen molar-refractivity contribution in [1.29, 1.82) is 0 Å². The zero-order chi connectivity index (χ0) is 20.0. The van der Waals surface area contributed by atoms with Crippen molar-refractivity contribution in [3.05, 3.63) is 63.4 Å². The molecule has 2 N–H and O–H groups in total. The Morgan fingerprint density at radius 1 is 1.11 bits per heavy atom. The summed E-state index contributed by atoms with van der Waals surface area (Å²) in [5.74, 6) is -3.07. The molecule has 142 valence electrons. The fourth-order valence-electron chi connectivity index (χ4n) is 2.03. The fourth-order valence-corrected chi connectivity index (χ4v) is 2.36. The molecule has 0 bridgehead atoms. The summed E-state index contributed by atoms with van der Waals surface area (Å²) in [6, 6.07) is 8.47. The normalized spacial score (nSPS) is 10.2. The molecule has 2 aromatic rings. The number of hydrogen-bond donors (Lipinski definition) is 2. The molecule has 2 amide bonds. The zero-order valence-corrected chi connectivity index (χ0v) is 15.7. The number of hydrogen-bond acceptors (Lipinski definition) is 4. The minimum Gasteiger partial charge on any atom is -0.452 e. The van der Waals surface area contributed by atoms with E-state index in [1.165, 1.54) is 6.07 Å². The number of carbonyl (C=O) groups is 3. The van der Waals surface area contributed by atoms with Crippen molar-refractivity contribution in [2.45, 2.75) is 6.92 Å². The molecule has 0 radical (unpaired) electrons. The summed E-state index contributed by atoms with van der Waals surface area (Å²) in [5, 5.41) is 5.52. The molecule has 0 heterocycles. The van der Waals surface area contributed by atoms with Gasteiger partial charge in [0.2, 0.25) is 5.91 Å². The minimum atomic E-state index is -1.02. The Balaban J connectivity index is 1.79. The van der Waals surface area contributed by atoms with Gasteiger partial charge in [0, 0.05) is 15.7 Å². The Hall–Kier alpha value is -2.64. The van der Waals surface area contributed by atoms with E-state index >= 15 is 0 Å². The second-order valence-corrected chi connectivity index (χ2v) is 6.28. The van der Waals surface area contributed by atoms with Gasteiger partial charge in [-0.1, -0.05) is 29.3 Å². The van der Waals surface area contributed by atoms with Crippen LogP contribution >= 0.6 is 23.2 Å². The quantitative estimate of drug-likeness (QED) is 0.712. The highest BCUT2D eigenvalue weighted by Crippen LogP contribution is 2.22. The summed E-state index contributed by atoms with van der Waals surface area (Å²) < 4.78 is 18.3. The van der Waals surface area contributed by atoms with Gasteiger partial charge in [-0.05, 0) is 42.8 Å². The van der Waals surface area contributed by atoms with Crippen molar-refractivity contribution in [2.24, 2.45) is 0 Å². The molecule has 0 saturated heterocycles. The van der Waals surface area contributed by atoms with Gasteiger partial charge in [0.05, 0.1) is 12.1 Å². The Morgan fingerprint density at radius 2 is 1.85 bits per heavy atom. The maximum atomic E-state index is 13.6. The van der Waals surface area contributed by atoms with Crippen LogP contribution in [0.4, 0.5) is 10.1 Å². The third kappa shape index (κ3) is 5.94. The Labute approximate surface area is 164 Å². The zero-order valence-electron chi connectivity index (χ0n) is 14.1. The molecule has 27 heavy (non-hydrogen) atoms. The lowest BCUT2D eigenvalue weighted by Gasteiger charge is -2.10. The Bertz CT molecular complexity index is 890. The van der Waals surface area contributed by atoms with Crippen LogP contribution in [0.25, 0.3) is 0 Å². The third-order valence-electron chi connectivity index (χ3n) is 3.47. The number of nitrogens with one attached hydrogen (secondary N) is 2. The van der Waals surface area contributed by atoms with Gasteiger partial charge in [0.15, 0.2) is 6.61 Å². The molecule has 2 rings (SSSR count). The van der Waals surface area contributed by atoms with E-state index in [1.54, 1.807) is 25.1 Å². The number of amides is 2. The predicted octanol–water partition coefficient (Wildman–Crippen LogP) is 3.35. The molecule has 9 heteroatoms. The summed E-state index contributed by atoms with van der Waals surface area (Å²) in [5.41, 5.74) is 0.866. The molecule has 0 aliphatic heterocycles. The smallest absolute Gasteiger partial charge is 0.341 e. The average molecular weight is 413 g/mol. The lowest BCUT2D eigenvalue weighted by atomic mass is 10.2. The lowest BCUT2D eigenvalue weighted by molar-refractivity contribution is -0.126. The summed E-state index contributed by atoms with van der Waals surface area (Å²) in [7, 11) is 0. The van der Waals surface area contributed by atoms with Gasteiger partial charge in [-0.3, -0.25) is 9.59 Å². The first kappa shape index (κ1) is 20.7. The lowest BCUT2D eigenvalue weighted by Crippen LogP contribution is -2.35. The van der Waals surface area contributed by atoms with Crippen LogP contribution in [0.1, 0.15) is 15.9 Å². The number of anilines is 1. The van der Waals surface area contributed by atoms with Crippen molar-refractivity contribution in [1.82, 2.24) is 5.32 Å². The monoisotopic (exact) mass is 412 g/mol. The van der Waals surface area contributed by atoms with E-state index in [0.29, 0.717) is 16.3 Å². The van der Waals surface area contributed by atoms with E-state index in [4.69, 9.17) is 27.9 Å². The second kappa shape index (κ2) is 9.34. The van der Waals surface area contributed by atoms with Crippen molar-refractivity contribution in [3.8, 4) is 0 Å². The molecular weight excluding hydrogens is 398 g/mol. The summed E-state index contributed by atoms with van der Waals surface area (Å²) in [4.78, 5) is 35.3. The maximum Gasteiger partial charge on any atom is 0.341 e. The second-order valence-electron chi connectivity index (χ2n) is 5.44. The third-order valence-corrected chi connectivity index (χ3v) is 4.12. The van der Waals surface area contributed by atoms with Gasteiger partial charge >= 0.3 is 5.97 Å². The highest BCUT2D eigenvalue weighted by Gasteiger charge is 2.15. The van der Waals surface area contributed by atoms with Gasteiger partial charge in [-0.25, -0.2) is 9.18 Å². The van der Waals surface area contributed by atoms with Crippen LogP contribution in [0, 0.1) is 12.7 Å². The molecule has 2 aromatic carbocycles. The highest BCUT2D eigenvalue weighted by molar-refractivity contribution is 6.31. The molecule has 0 fully saturated rings. The summed E-state index contributed by atoms with van der Waals surface area (Å²) in [6.07, 6.45) is 0. The summed E-state index contributed by atoms with van der Waals surface area (Å²) >= 11 is 11.6. The van der Waals surface area contributed by atoms with Crippen LogP contribution in [-0.4, -0.2) is 30.9 Å². The number of rotatable bonds is 6. The number of benzene rings is 2. The number of carbonyl (C=O) groups excluding carboxylic acids is 3. The molecular formula is C18H15Cl2FN2O4. The molecule has 0 spiro atoms. The first-order valence-electron chi connectivity index (χ1n) is 7.71. The topological polar surface area (TPSA) is 84.5 Å². The van der Waals surface area contributed by atoms with Crippen LogP contribution in [0.15, 0.2) is 36.4 Å². The van der Waals surface area contributed by atoms with Gasteiger partial charge in [-0.15, -0.1) is 0 Å². The minimum absolute atomic E-state index is 0.128. The van der Waals surface area contributed by atoms with Crippen molar-refractivity contribution in [2.75, 3.05) is 18.5 Å². The largest absolute Gasteiger partial charge is 0.452 e. The van der Waals surface area contributed by atoms with Crippen molar-refractivity contribution in [3.63, 3.8) is 0 Å². The standard InChI is InChI=1S/C18H15Cl2FN2O4/c1-10-13(20)3-2-4-15(10)23-16(24)8-22-17(25)9-27-18(26)12-6-5-11(19)7-14(12)21/h2-7H,8-9H2,1H3,(H,22,25)(H,23,24). The Morgan fingerprint density at radius 3 is 2.56 bits per heavy atom. The van der Waals surface area contributed by atoms with Crippen LogP contribution in [0.2, 0.25) is 10.0 Å². The van der Waals surface area contributed by atoms with Gasteiger partial charge in [0.1, 0.15) is 5.82 Å². The molecule has 0 aliphatic rings. The first-order valence-corrected chi connectivity index (χ1v) is 8.47. The van der Waals surface area contributed by atoms with E-state index in [-0.39, 0.29) is 17.1 Å². The van der Waals surface area contributed by atoms with Crippen LogP contribution in [0.5, 0.6) is 0 Å². The summed E-state index contributed by atoms with van der Waals surface area (Å²) in [6.45, 7) is 0.744. The molecule has 0 saturated carbocycles. The van der Waals surface area contributed by atoms with Crippen LogP contribution in [0.3, 0.4) is 0 Å². The van der Waals surface area contributed by atoms with Gasteiger partial charge in [0.25, 0.3) is 5.91 Å². The van der Waals surface area contributed by atoms with Crippen molar-refractivity contribution < 1.29 is 23.5 Å². The Kier molecular flexibility index (Phi) is 7.15. The first-order chi connectivity index (χ1) is 12.8. The highest BCUT2D eigenvalue weighted by atomic mass is 35.5. The number of ether oxygens (including phenoxy) is 1. The SMILES string of the molecule is Cc1c(Cl)cccc1NC(=O)CNC(=O)COC(=O)c1ccc(Cl)cc1F. The van der Waals surface area contributed by atoms with Crippen LogP contribution in [-0.2, 0) is 14.3 Å². The fraction of sp³-hybridized carbons (Fsp3) is 0.167. The molecule has 6 nitrogen and oxygen atoms in total. The molecule has 0 aromatic heterocycles. The van der Waals surface area contributed by atoms with Gasteiger partial charge in [-0.2, -0.15) is 0 Å².